The number of para-hydroxylation sites is 1. The molecule has 2 nitrogen and oxygen atoms in total. The summed E-state index contributed by atoms with van der Waals surface area (Å²) >= 11 is 0. The summed E-state index contributed by atoms with van der Waals surface area (Å²) in [5, 5.41) is 0. The molecule has 0 amide bonds. The predicted molar refractivity (Wildman–Crippen MR) is 49.9 cm³/mol. The summed E-state index contributed by atoms with van der Waals surface area (Å²) in [6, 6.07) is 8.28. The van der Waals surface area contributed by atoms with Crippen LogP contribution in [0.2, 0.25) is 0 Å². The zero-order valence-corrected chi connectivity index (χ0v) is 7.42. The van der Waals surface area contributed by atoms with E-state index in [4.69, 9.17) is 4.74 Å². The van der Waals surface area contributed by atoms with Gasteiger partial charge in [-0.05, 0) is 31.4 Å². The highest BCUT2D eigenvalue weighted by Gasteiger charge is 2.13. The molecule has 1 aromatic carbocycles. The van der Waals surface area contributed by atoms with Crippen LogP contribution in [0.3, 0.4) is 0 Å². The largest absolute Gasteiger partial charge is 0.490 e. The standard InChI is InChI=1S/C10H12O.H3N/c1-8-6-7-9-4-2-3-5-10(9)11-8;/h2-5,8H,6-7H2,1H3;1H3. The second-order valence-corrected chi connectivity index (χ2v) is 3.07. The van der Waals surface area contributed by atoms with Crippen molar-refractivity contribution in [2.45, 2.75) is 25.9 Å². The summed E-state index contributed by atoms with van der Waals surface area (Å²) in [5.74, 6) is 1.08. The van der Waals surface area contributed by atoms with Gasteiger partial charge in [0.1, 0.15) is 5.75 Å². The van der Waals surface area contributed by atoms with E-state index in [0.29, 0.717) is 6.10 Å². The Hall–Kier alpha value is -1.02. The van der Waals surface area contributed by atoms with E-state index in [-0.39, 0.29) is 6.15 Å². The lowest BCUT2D eigenvalue weighted by atomic mass is 10.0. The molecule has 66 valence electrons. The molecule has 12 heavy (non-hydrogen) atoms. The van der Waals surface area contributed by atoms with Crippen molar-refractivity contribution in [3.05, 3.63) is 29.8 Å². The van der Waals surface area contributed by atoms with Gasteiger partial charge in [0.05, 0.1) is 6.10 Å². The number of aryl methyl sites for hydroxylation is 1. The first-order chi connectivity index (χ1) is 5.36. The minimum atomic E-state index is 0. The molecule has 0 bridgehead atoms. The van der Waals surface area contributed by atoms with E-state index >= 15 is 0 Å². The molecule has 2 rings (SSSR count). The summed E-state index contributed by atoms with van der Waals surface area (Å²) in [6.07, 6.45) is 2.71. The second kappa shape index (κ2) is 3.59. The summed E-state index contributed by atoms with van der Waals surface area (Å²) < 4.78 is 5.63. The van der Waals surface area contributed by atoms with Gasteiger partial charge >= 0.3 is 0 Å². The number of benzene rings is 1. The van der Waals surface area contributed by atoms with Gasteiger partial charge in [-0.3, -0.25) is 0 Å². The van der Waals surface area contributed by atoms with Crippen molar-refractivity contribution in [1.82, 2.24) is 6.15 Å². The maximum absolute atomic E-state index is 5.63. The lowest BCUT2D eigenvalue weighted by Gasteiger charge is -2.22. The SMILES string of the molecule is CC1CCc2ccccc2O1.N. The van der Waals surface area contributed by atoms with Crippen LogP contribution in [-0.4, -0.2) is 6.10 Å². The number of hydrogen-bond acceptors (Lipinski definition) is 2. The van der Waals surface area contributed by atoms with Crippen LogP contribution < -0.4 is 10.9 Å². The zero-order valence-electron chi connectivity index (χ0n) is 7.42. The minimum absolute atomic E-state index is 0. The van der Waals surface area contributed by atoms with Gasteiger partial charge in [0.15, 0.2) is 0 Å². The molecule has 3 N–H and O–H groups in total. The molecule has 0 saturated heterocycles. The summed E-state index contributed by atoms with van der Waals surface area (Å²) in [5.41, 5.74) is 1.35. The Balaban J connectivity index is 0.000000720. The van der Waals surface area contributed by atoms with E-state index in [1.807, 2.05) is 12.1 Å². The molecular weight excluding hydrogens is 150 g/mol. The summed E-state index contributed by atoms with van der Waals surface area (Å²) in [4.78, 5) is 0. The molecule has 0 aromatic heterocycles. The van der Waals surface area contributed by atoms with E-state index in [9.17, 15) is 0 Å². The van der Waals surface area contributed by atoms with E-state index in [0.717, 1.165) is 18.6 Å². The monoisotopic (exact) mass is 165 g/mol. The van der Waals surface area contributed by atoms with Crippen molar-refractivity contribution in [2.75, 3.05) is 0 Å². The second-order valence-electron chi connectivity index (χ2n) is 3.07. The smallest absolute Gasteiger partial charge is 0.122 e. The van der Waals surface area contributed by atoms with Crippen molar-refractivity contribution in [3.8, 4) is 5.75 Å². The zero-order chi connectivity index (χ0) is 7.68. The third kappa shape index (κ3) is 1.59. The van der Waals surface area contributed by atoms with Crippen molar-refractivity contribution in [2.24, 2.45) is 0 Å². The van der Waals surface area contributed by atoms with E-state index in [2.05, 4.69) is 19.1 Å². The van der Waals surface area contributed by atoms with E-state index < -0.39 is 0 Å². The third-order valence-corrected chi connectivity index (χ3v) is 2.12. The first kappa shape index (κ1) is 9.07. The van der Waals surface area contributed by atoms with Crippen LogP contribution in [-0.2, 0) is 6.42 Å². The molecule has 0 fully saturated rings. The number of hydrogen-bond donors (Lipinski definition) is 1. The maximum atomic E-state index is 5.63. The molecule has 0 aliphatic carbocycles. The fourth-order valence-electron chi connectivity index (χ4n) is 1.46. The van der Waals surface area contributed by atoms with Gasteiger partial charge < -0.3 is 10.9 Å². The van der Waals surface area contributed by atoms with Crippen LogP contribution in [0.15, 0.2) is 24.3 Å². The molecule has 0 saturated carbocycles. The molecule has 1 aliphatic rings. The number of rotatable bonds is 0. The molecule has 1 aliphatic heterocycles. The van der Waals surface area contributed by atoms with Gasteiger partial charge in [0, 0.05) is 0 Å². The van der Waals surface area contributed by atoms with Gasteiger partial charge in [-0.15, -0.1) is 0 Å². The summed E-state index contributed by atoms with van der Waals surface area (Å²) in [6.45, 7) is 2.12. The van der Waals surface area contributed by atoms with Crippen molar-refractivity contribution >= 4 is 0 Å². The quantitative estimate of drug-likeness (QED) is 0.642. The molecule has 0 radical (unpaired) electrons. The van der Waals surface area contributed by atoms with Crippen LogP contribution >= 0.6 is 0 Å². The van der Waals surface area contributed by atoms with Crippen LogP contribution in [0, 0.1) is 0 Å². The molecule has 1 aromatic rings. The highest BCUT2D eigenvalue weighted by Crippen LogP contribution is 2.26. The highest BCUT2D eigenvalue weighted by atomic mass is 16.5. The Labute approximate surface area is 73.1 Å². The normalized spacial score (nSPS) is 20.2. The Morgan fingerprint density at radius 2 is 2.08 bits per heavy atom. The van der Waals surface area contributed by atoms with Gasteiger partial charge in [0.2, 0.25) is 0 Å². The first-order valence-electron chi connectivity index (χ1n) is 4.11. The topological polar surface area (TPSA) is 44.2 Å². The molecule has 2 heteroatoms. The average Bonchev–Trinajstić information content (AvgIpc) is 2.04. The third-order valence-electron chi connectivity index (χ3n) is 2.12. The van der Waals surface area contributed by atoms with Crippen molar-refractivity contribution in [1.29, 1.82) is 0 Å². The molecule has 1 atom stereocenters. The molecule has 0 spiro atoms. The predicted octanol–water partition coefficient (Wildman–Crippen LogP) is 2.56. The maximum Gasteiger partial charge on any atom is 0.122 e. The van der Waals surface area contributed by atoms with Crippen LogP contribution in [0.25, 0.3) is 0 Å². The van der Waals surface area contributed by atoms with E-state index in [1.54, 1.807) is 0 Å². The molecule has 1 heterocycles. The van der Waals surface area contributed by atoms with Crippen molar-refractivity contribution in [3.63, 3.8) is 0 Å². The summed E-state index contributed by atoms with van der Waals surface area (Å²) in [7, 11) is 0. The van der Waals surface area contributed by atoms with E-state index in [1.165, 1.54) is 5.56 Å². The Bertz CT molecular complexity index is 260. The van der Waals surface area contributed by atoms with Gasteiger partial charge in [-0.1, -0.05) is 18.2 Å². The Kier molecular flexibility index (Phi) is 2.71. The fraction of sp³-hybridized carbons (Fsp3) is 0.400. The fourth-order valence-corrected chi connectivity index (χ4v) is 1.46. The Morgan fingerprint density at radius 3 is 2.92 bits per heavy atom. The van der Waals surface area contributed by atoms with Crippen LogP contribution in [0.1, 0.15) is 18.9 Å². The van der Waals surface area contributed by atoms with Gasteiger partial charge in [0.25, 0.3) is 0 Å². The molecular formula is C10H15NO. The lowest BCUT2D eigenvalue weighted by Crippen LogP contribution is -2.18. The average molecular weight is 165 g/mol. The minimum Gasteiger partial charge on any atom is -0.490 e. The van der Waals surface area contributed by atoms with Crippen LogP contribution in [0.4, 0.5) is 0 Å². The first-order valence-corrected chi connectivity index (χ1v) is 4.11. The highest BCUT2D eigenvalue weighted by molar-refractivity contribution is 5.34. The number of ether oxygens (including phenoxy) is 1. The van der Waals surface area contributed by atoms with Gasteiger partial charge in [-0.25, -0.2) is 0 Å². The lowest BCUT2D eigenvalue weighted by molar-refractivity contribution is 0.192. The van der Waals surface area contributed by atoms with Crippen LogP contribution in [0.5, 0.6) is 5.75 Å². The van der Waals surface area contributed by atoms with Crippen molar-refractivity contribution < 1.29 is 4.74 Å². The molecule has 1 unspecified atom stereocenters. The van der Waals surface area contributed by atoms with Gasteiger partial charge in [-0.2, -0.15) is 0 Å². The Morgan fingerprint density at radius 1 is 1.33 bits per heavy atom. The number of fused-ring (bicyclic) bond motifs is 1.